The lowest BCUT2D eigenvalue weighted by atomic mass is 10.1. The number of aromatic nitrogens is 2. The van der Waals surface area contributed by atoms with E-state index in [4.69, 9.17) is 9.15 Å². The van der Waals surface area contributed by atoms with Crippen molar-refractivity contribution in [1.82, 2.24) is 10.2 Å². The summed E-state index contributed by atoms with van der Waals surface area (Å²) >= 11 is 0. The Morgan fingerprint density at radius 2 is 1.92 bits per heavy atom. The van der Waals surface area contributed by atoms with E-state index in [0.29, 0.717) is 17.7 Å². The highest BCUT2D eigenvalue weighted by atomic mass is 16.5. The van der Waals surface area contributed by atoms with E-state index in [9.17, 15) is 4.79 Å². The molecule has 7 heteroatoms. The van der Waals surface area contributed by atoms with E-state index in [0.717, 1.165) is 17.8 Å². The number of rotatable bonds is 6. The maximum atomic E-state index is 11.5. The van der Waals surface area contributed by atoms with Gasteiger partial charge in [0.1, 0.15) is 6.04 Å². The Balaban J connectivity index is 2.00. The predicted octanol–water partition coefficient (Wildman–Crippen LogP) is 3.64. The Kier molecular flexibility index (Phi) is 5.78. The Bertz CT molecular complexity index is 667. The first kappa shape index (κ1) is 17.8. The quantitative estimate of drug-likeness (QED) is 0.870. The van der Waals surface area contributed by atoms with E-state index in [1.807, 2.05) is 31.2 Å². The predicted molar refractivity (Wildman–Crippen MR) is 92.1 cm³/mol. The van der Waals surface area contributed by atoms with Crippen molar-refractivity contribution in [1.29, 1.82) is 0 Å². The summed E-state index contributed by atoms with van der Waals surface area (Å²) in [5.41, 5.74) is 1.64. The molecule has 0 aliphatic rings. The van der Waals surface area contributed by atoms with Gasteiger partial charge in [-0.1, -0.05) is 13.8 Å². The Hall–Kier alpha value is -2.57. The molecule has 130 valence electrons. The number of hydrogen-bond donors (Lipinski definition) is 1. The van der Waals surface area contributed by atoms with Crippen LogP contribution in [0.3, 0.4) is 0 Å². The van der Waals surface area contributed by atoms with Gasteiger partial charge >= 0.3 is 6.09 Å². The molecular weight excluding hydrogens is 308 g/mol. The van der Waals surface area contributed by atoms with Crippen LogP contribution in [0.4, 0.5) is 16.2 Å². The molecule has 1 N–H and O–H groups in total. The van der Waals surface area contributed by atoms with Crippen LogP contribution in [0.1, 0.15) is 38.6 Å². The SMILES string of the molecule is COC(=O)N(C)c1ccc(N[C@@H](C)c2nnc(CC(C)C)o2)cc1. The number of nitrogens with zero attached hydrogens (tertiary/aromatic N) is 3. The Morgan fingerprint density at radius 1 is 1.25 bits per heavy atom. The second kappa shape index (κ2) is 7.81. The lowest BCUT2D eigenvalue weighted by Gasteiger charge is -2.17. The molecule has 1 amide bonds. The van der Waals surface area contributed by atoms with Gasteiger partial charge in [-0.3, -0.25) is 4.90 Å². The van der Waals surface area contributed by atoms with Crippen LogP contribution in [0.2, 0.25) is 0 Å². The van der Waals surface area contributed by atoms with Crippen LogP contribution >= 0.6 is 0 Å². The zero-order valence-corrected chi connectivity index (χ0v) is 14.7. The number of benzene rings is 1. The fourth-order valence-corrected chi connectivity index (χ4v) is 2.21. The topological polar surface area (TPSA) is 80.5 Å². The van der Waals surface area contributed by atoms with Crippen molar-refractivity contribution in [2.45, 2.75) is 33.2 Å². The van der Waals surface area contributed by atoms with E-state index in [2.05, 4.69) is 29.4 Å². The molecule has 0 saturated heterocycles. The normalized spacial score (nSPS) is 12.1. The number of carbonyl (C=O) groups is 1. The number of hydrogen-bond acceptors (Lipinski definition) is 6. The summed E-state index contributed by atoms with van der Waals surface area (Å²) in [6.45, 7) is 6.18. The molecule has 0 aliphatic heterocycles. The Morgan fingerprint density at radius 3 is 2.50 bits per heavy atom. The first-order valence-corrected chi connectivity index (χ1v) is 7.91. The maximum Gasteiger partial charge on any atom is 0.413 e. The first-order valence-electron chi connectivity index (χ1n) is 7.91. The smallest absolute Gasteiger partial charge is 0.413 e. The van der Waals surface area contributed by atoms with Gasteiger partial charge in [0, 0.05) is 24.8 Å². The third kappa shape index (κ3) is 4.47. The standard InChI is InChI=1S/C17H24N4O3/c1-11(2)10-15-19-20-16(24-15)12(3)18-13-6-8-14(9-7-13)21(4)17(22)23-5/h6-9,11-12,18H,10H2,1-5H3/t12-/m0/s1. The van der Waals surface area contributed by atoms with Gasteiger partial charge in [0.25, 0.3) is 0 Å². The van der Waals surface area contributed by atoms with Crippen LogP contribution in [-0.4, -0.2) is 30.4 Å². The van der Waals surface area contributed by atoms with Crippen molar-refractivity contribution in [3.8, 4) is 0 Å². The van der Waals surface area contributed by atoms with Crippen LogP contribution in [0.15, 0.2) is 28.7 Å². The molecule has 2 rings (SSSR count). The molecule has 0 radical (unpaired) electrons. The second-order valence-electron chi connectivity index (χ2n) is 6.07. The van der Waals surface area contributed by atoms with Crippen molar-refractivity contribution in [3.05, 3.63) is 36.0 Å². The number of amides is 1. The number of nitrogens with one attached hydrogen (secondary N) is 1. The molecule has 0 spiro atoms. The summed E-state index contributed by atoms with van der Waals surface area (Å²) in [6, 6.07) is 7.34. The molecule has 7 nitrogen and oxygen atoms in total. The summed E-state index contributed by atoms with van der Waals surface area (Å²) in [4.78, 5) is 12.9. The Labute approximate surface area is 142 Å². The molecule has 0 unspecified atom stereocenters. The van der Waals surface area contributed by atoms with E-state index in [1.54, 1.807) is 7.05 Å². The average molecular weight is 332 g/mol. The van der Waals surface area contributed by atoms with E-state index < -0.39 is 6.09 Å². The molecule has 1 aromatic heterocycles. The van der Waals surface area contributed by atoms with E-state index in [-0.39, 0.29) is 6.04 Å². The lowest BCUT2D eigenvalue weighted by Crippen LogP contribution is -2.25. The van der Waals surface area contributed by atoms with Crippen molar-refractivity contribution >= 4 is 17.5 Å². The van der Waals surface area contributed by atoms with Crippen LogP contribution in [0.5, 0.6) is 0 Å². The summed E-state index contributed by atoms with van der Waals surface area (Å²) in [5, 5.41) is 11.5. The van der Waals surface area contributed by atoms with Crippen LogP contribution < -0.4 is 10.2 Å². The molecule has 1 aromatic carbocycles. The molecule has 1 atom stereocenters. The lowest BCUT2D eigenvalue weighted by molar-refractivity contribution is 0.180. The molecule has 24 heavy (non-hydrogen) atoms. The van der Waals surface area contributed by atoms with E-state index >= 15 is 0 Å². The molecular formula is C17H24N4O3. The van der Waals surface area contributed by atoms with Crippen molar-refractivity contribution in [2.24, 2.45) is 5.92 Å². The molecule has 0 saturated carbocycles. The highest BCUT2D eigenvalue weighted by molar-refractivity contribution is 5.87. The fourth-order valence-electron chi connectivity index (χ4n) is 2.21. The van der Waals surface area contributed by atoms with Gasteiger partial charge in [-0.05, 0) is 37.1 Å². The minimum absolute atomic E-state index is 0.109. The number of ether oxygens (including phenoxy) is 1. The van der Waals surface area contributed by atoms with Crippen molar-refractivity contribution in [3.63, 3.8) is 0 Å². The zero-order valence-electron chi connectivity index (χ0n) is 14.7. The average Bonchev–Trinajstić information content (AvgIpc) is 3.02. The maximum absolute atomic E-state index is 11.5. The first-order chi connectivity index (χ1) is 11.4. The molecule has 0 aliphatic carbocycles. The minimum Gasteiger partial charge on any atom is -0.452 e. The summed E-state index contributed by atoms with van der Waals surface area (Å²) in [7, 11) is 3.01. The van der Waals surface area contributed by atoms with Crippen LogP contribution in [-0.2, 0) is 11.2 Å². The monoisotopic (exact) mass is 332 g/mol. The van der Waals surface area contributed by atoms with Gasteiger partial charge in [0.2, 0.25) is 11.8 Å². The van der Waals surface area contributed by atoms with Gasteiger partial charge in [0.15, 0.2) is 0 Å². The number of anilines is 2. The summed E-state index contributed by atoms with van der Waals surface area (Å²) in [6.07, 6.45) is 0.362. The highest BCUT2D eigenvalue weighted by Crippen LogP contribution is 2.22. The van der Waals surface area contributed by atoms with Gasteiger partial charge in [-0.2, -0.15) is 0 Å². The summed E-state index contributed by atoms with van der Waals surface area (Å²) in [5.74, 6) is 1.69. The largest absolute Gasteiger partial charge is 0.452 e. The summed E-state index contributed by atoms with van der Waals surface area (Å²) < 4.78 is 10.4. The number of carbonyl (C=O) groups excluding carboxylic acids is 1. The fraction of sp³-hybridized carbons (Fsp3) is 0.471. The number of methoxy groups -OCH3 is 1. The second-order valence-corrected chi connectivity index (χ2v) is 6.07. The molecule has 2 aromatic rings. The third-order valence-electron chi connectivity index (χ3n) is 3.52. The molecule has 0 bridgehead atoms. The molecule has 1 heterocycles. The van der Waals surface area contributed by atoms with Gasteiger partial charge in [-0.25, -0.2) is 4.79 Å². The van der Waals surface area contributed by atoms with Gasteiger partial charge in [-0.15, -0.1) is 10.2 Å². The molecule has 0 fully saturated rings. The van der Waals surface area contributed by atoms with Crippen LogP contribution in [0, 0.1) is 5.92 Å². The van der Waals surface area contributed by atoms with Crippen molar-refractivity contribution < 1.29 is 13.9 Å². The van der Waals surface area contributed by atoms with E-state index in [1.165, 1.54) is 12.0 Å². The highest BCUT2D eigenvalue weighted by Gasteiger charge is 2.15. The third-order valence-corrected chi connectivity index (χ3v) is 3.52. The van der Waals surface area contributed by atoms with Crippen LogP contribution in [0.25, 0.3) is 0 Å². The van der Waals surface area contributed by atoms with Gasteiger partial charge < -0.3 is 14.5 Å². The zero-order chi connectivity index (χ0) is 17.7. The van der Waals surface area contributed by atoms with Gasteiger partial charge in [0.05, 0.1) is 7.11 Å². The minimum atomic E-state index is -0.410. The van der Waals surface area contributed by atoms with Crippen molar-refractivity contribution in [2.75, 3.05) is 24.4 Å².